The molecule has 0 radical (unpaired) electrons. The van der Waals surface area contributed by atoms with E-state index in [2.05, 4.69) is 26.3 Å². The van der Waals surface area contributed by atoms with Crippen LogP contribution in [0.1, 0.15) is 85.1 Å². The van der Waals surface area contributed by atoms with Crippen molar-refractivity contribution in [3.8, 4) is 0 Å². The van der Waals surface area contributed by atoms with Crippen molar-refractivity contribution in [3.63, 3.8) is 0 Å². The fourth-order valence-electron chi connectivity index (χ4n) is 4.57. The summed E-state index contributed by atoms with van der Waals surface area (Å²) in [6, 6.07) is -2.84. The number of alkyl carbamates (subject to hydrolysis) is 1. The minimum absolute atomic E-state index is 0.00480. The highest BCUT2D eigenvalue weighted by Gasteiger charge is 2.33. The van der Waals surface area contributed by atoms with E-state index in [1.807, 2.05) is 41.5 Å². The SMILES string of the molecule is Cc1nc(COC(=O)NC(CC(=O)N(C)C)C(=O)NC(CC(C)C)C(O)CC(C)C(=O)NC(C(=O)NCC(C)C)C(C)C)c(C)o1. The van der Waals surface area contributed by atoms with Gasteiger partial charge < -0.3 is 40.4 Å². The topological polar surface area (TPSA) is 192 Å². The van der Waals surface area contributed by atoms with Gasteiger partial charge in [-0.25, -0.2) is 9.78 Å². The Kier molecular flexibility index (Phi) is 16.7. The number of aliphatic hydroxyl groups is 1. The summed E-state index contributed by atoms with van der Waals surface area (Å²) in [5.41, 5.74) is 0.423. The molecule has 5 unspecified atom stereocenters. The molecule has 0 bridgehead atoms. The molecule has 0 saturated carbocycles. The fraction of sp³-hybridized carbons (Fsp3) is 0.750. The summed E-state index contributed by atoms with van der Waals surface area (Å²) in [4.78, 5) is 69.9. The number of ether oxygens (including phenoxy) is 1. The lowest BCUT2D eigenvalue weighted by molar-refractivity contribution is -0.134. The first-order valence-electron chi connectivity index (χ1n) is 15.9. The van der Waals surface area contributed by atoms with Gasteiger partial charge in [0.05, 0.1) is 18.6 Å². The van der Waals surface area contributed by atoms with Gasteiger partial charge in [-0.2, -0.15) is 0 Å². The van der Waals surface area contributed by atoms with Crippen molar-refractivity contribution >= 4 is 29.7 Å². The molecule has 5 amide bonds. The van der Waals surface area contributed by atoms with E-state index < -0.39 is 54.0 Å². The molecule has 1 rings (SSSR count). The third-order valence-corrected chi connectivity index (χ3v) is 7.32. The second-order valence-electron chi connectivity index (χ2n) is 13.3. The number of hydrogen-bond donors (Lipinski definition) is 5. The molecule has 0 aliphatic carbocycles. The number of aryl methyl sites for hydroxylation is 2. The van der Waals surface area contributed by atoms with Crippen LogP contribution in [-0.2, 0) is 30.5 Å². The van der Waals surface area contributed by atoms with Crippen LogP contribution in [0.4, 0.5) is 4.79 Å². The Morgan fingerprint density at radius 1 is 0.870 bits per heavy atom. The third-order valence-electron chi connectivity index (χ3n) is 7.32. The molecule has 14 heteroatoms. The van der Waals surface area contributed by atoms with E-state index in [1.165, 1.54) is 19.0 Å². The smallest absolute Gasteiger partial charge is 0.408 e. The van der Waals surface area contributed by atoms with Crippen molar-refractivity contribution < 1.29 is 38.2 Å². The molecule has 14 nitrogen and oxygen atoms in total. The number of nitrogens with zero attached hydrogens (tertiary/aromatic N) is 2. The lowest BCUT2D eigenvalue weighted by Crippen LogP contribution is -2.55. The van der Waals surface area contributed by atoms with Crippen molar-refractivity contribution in [2.75, 3.05) is 20.6 Å². The van der Waals surface area contributed by atoms with Crippen molar-refractivity contribution in [3.05, 3.63) is 17.3 Å². The molecule has 0 fully saturated rings. The lowest BCUT2D eigenvalue weighted by atomic mass is 9.91. The number of nitrogens with one attached hydrogen (secondary N) is 4. The van der Waals surface area contributed by atoms with Gasteiger partial charge in [-0.05, 0) is 37.5 Å². The molecule has 0 saturated heterocycles. The summed E-state index contributed by atoms with van der Waals surface area (Å²) >= 11 is 0. The van der Waals surface area contributed by atoms with E-state index in [1.54, 1.807) is 20.8 Å². The molecule has 262 valence electrons. The first-order chi connectivity index (χ1) is 21.3. The highest BCUT2D eigenvalue weighted by atomic mass is 16.5. The molecule has 0 aromatic carbocycles. The van der Waals surface area contributed by atoms with Crippen molar-refractivity contribution in [1.29, 1.82) is 0 Å². The minimum atomic E-state index is -1.30. The lowest BCUT2D eigenvalue weighted by Gasteiger charge is -2.30. The summed E-state index contributed by atoms with van der Waals surface area (Å²) in [5, 5.41) is 22.1. The largest absolute Gasteiger partial charge is 0.446 e. The van der Waals surface area contributed by atoms with Crippen LogP contribution in [0.2, 0.25) is 0 Å². The van der Waals surface area contributed by atoms with Crippen LogP contribution in [0.5, 0.6) is 0 Å². The molecule has 5 atom stereocenters. The van der Waals surface area contributed by atoms with Gasteiger partial charge in [-0.3, -0.25) is 19.2 Å². The maximum absolute atomic E-state index is 13.5. The summed E-state index contributed by atoms with van der Waals surface area (Å²) in [5.74, 6) is -1.42. The van der Waals surface area contributed by atoms with E-state index in [4.69, 9.17) is 9.15 Å². The summed E-state index contributed by atoms with van der Waals surface area (Å²) in [6.07, 6.45) is -2.08. The van der Waals surface area contributed by atoms with Crippen molar-refractivity contribution in [1.82, 2.24) is 31.2 Å². The number of rotatable bonds is 18. The van der Waals surface area contributed by atoms with Gasteiger partial charge in [0.25, 0.3) is 0 Å². The van der Waals surface area contributed by atoms with Gasteiger partial charge >= 0.3 is 6.09 Å². The molecule has 46 heavy (non-hydrogen) atoms. The van der Waals surface area contributed by atoms with Gasteiger partial charge in [0, 0.05) is 33.5 Å². The molecular weight excluding hydrogens is 596 g/mol. The standard InChI is InChI=1S/C32H56N6O8/c1-17(2)12-23(26(39)13-20(7)29(41)37-28(19(5)6)31(43)33-15-18(3)4)35-30(42)24(14-27(40)38(10)11)36-32(44)45-16-25-21(8)46-22(9)34-25/h17-20,23-24,26,28,39H,12-16H2,1-11H3,(H,33,43)(H,35,42)(H,36,44)(H,37,41). The first-order valence-corrected chi connectivity index (χ1v) is 15.9. The predicted molar refractivity (Wildman–Crippen MR) is 172 cm³/mol. The minimum Gasteiger partial charge on any atom is -0.446 e. The highest BCUT2D eigenvalue weighted by Crippen LogP contribution is 2.17. The molecule has 1 aromatic rings. The van der Waals surface area contributed by atoms with Gasteiger partial charge in [0.1, 0.15) is 30.1 Å². The summed E-state index contributed by atoms with van der Waals surface area (Å²) in [6.45, 7) is 16.7. The van der Waals surface area contributed by atoms with Crippen LogP contribution in [0.25, 0.3) is 0 Å². The van der Waals surface area contributed by atoms with Crippen LogP contribution in [0.15, 0.2) is 4.42 Å². The Hall–Kier alpha value is -3.68. The zero-order chi connectivity index (χ0) is 35.3. The zero-order valence-corrected chi connectivity index (χ0v) is 29.4. The number of carbonyl (C=O) groups excluding carboxylic acids is 5. The van der Waals surface area contributed by atoms with E-state index >= 15 is 0 Å². The van der Waals surface area contributed by atoms with E-state index in [0.717, 1.165) is 0 Å². The van der Waals surface area contributed by atoms with Gasteiger partial charge in [-0.15, -0.1) is 0 Å². The van der Waals surface area contributed by atoms with E-state index in [0.29, 0.717) is 30.3 Å². The quantitative estimate of drug-likeness (QED) is 0.158. The molecular formula is C32H56N6O8. The second-order valence-corrected chi connectivity index (χ2v) is 13.3. The van der Waals surface area contributed by atoms with Crippen LogP contribution >= 0.6 is 0 Å². The van der Waals surface area contributed by atoms with Gasteiger partial charge in [0.15, 0.2) is 5.89 Å². The zero-order valence-electron chi connectivity index (χ0n) is 29.4. The molecule has 0 aliphatic rings. The van der Waals surface area contributed by atoms with Crippen LogP contribution in [0.3, 0.4) is 0 Å². The predicted octanol–water partition coefficient (Wildman–Crippen LogP) is 2.20. The normalized spacial score (nSPS) is 14.7. The maximum atomic E-state index is 13.5. The Labute approximate surface area is 273 Å². The number of aliphatic hydroxyl groups excluding tert-OH is 1. The molecule has 0 aliphatic heterocycles. The number of oxazole rings is 1. The maximum Gasteiger partial charge on any atom is 0.408 e. The average Bonchev–Trinajstić information content (AvgIpc) is 3.27. The number of hydrogen-bond acceptors (Lipinski definition) is 9. The Bertz CT molecular complexity index is 1170. The fourth-order valence-corrected chi connectivity index (χ4v) is 4.57. The first kappa shape index (κ1) is 40.3. The number of carbonyl (C=O) groups is 5. The summed E-state index contributed by atoms with van der Waals surface area (Å²) in [7, 11) is 3.06. The third kappa shape index (κ3) is 14.2. The van der Waals surface area contributed by atoms with Crippen LogP contribution in [0, 0.1) is 37.5 Å². The van der Waals surface area contributed by atoms with Crippen LogP contribution in [-0.4, -0.2) is 89.6 Å². The molecule has 1 heterocycles. The second kappa shape index (κ2) is 19.1. The average molecular weight is 653 g/mol. The molecule has 5 N–H and O–H groups in total. The van der Waals surface area contributed by atoms with Crippen LogP contribution < -0.4 is 21.3 Å². The number of amides is 5. The van der Waals surface area contributed by atoms with Crippen molar-refractivity contribution in [2.45, 2.75) is 112 Å². The highest BCUT2D eigenvalue weighted by molar-refractivity contribution is 5.91. The molecule has 0 spiro atoms. The van der Waals surface area contributed by atoms with Gasteiger partial charge in [-0.1, -0.05) is 48.5 Å². The van der Waals surface area contributed by atoms with E-state index in [9.17, 15) is 29.1 Å². The molecule has 1 aromatic heterocycles. The van der Waals surface area contributed by atoms with Crippen molar-refractivity contribution in [2.24, 2.45) is 23.7 Å². The van der Waals surface area contributed by atoms with E-state index in [-0.39, 0.29) is 43.1 Å². The Morgan fingerprint density at radius 2 is 1.50 bits per heavy atom. The summed E-state index contributed by atoms with van der Waals surface area (Å²) < 4.78 is 10.6. The Morgan fingerprint density at radius 3 is 2.00 bits per heavy atom. The number of aromatic nitrogens is 1. The Balaban J connectivity index is 3.00. The monoisotopic (exact) mass is 652 g/mol. The van der Waals surface area contributed by atoms with Gasteiger partial charge in [0.2, 0.25) is 23.6 Å².